The fourth-order valence-corrected chi connectivity index (χ4v) is 4.01. The fourth-order valence-electron chi connectivity index (χ4n) is 2.76. The van der Waals surface area contributed by atoms with E-state index in [1.165, 1.54) is 6.07 Å². The third-order valence-corrected chi connectivity index (χ3v) is 5.49. The zero-order valence-electron chi connectivity index (χ0n) is 14.6. The van der Waals surface area contributed by atoms with Crippen LogP contribution in [0.5, 0.6) is 0 Å². The molecular formula is C19H16N4O4S. The Labute approximate surface area is 161 Å². The van der Waals surface area contributed by atoms with Gasteiger partial charge in [0.25, 0.3) is 10.0 Å². The topological polar surface area (TPSA) is 114 Å². The largest absolute Gasteiger partial charge is 0.439 e. The van der Waals surface area contributed by atoms with Crippen LogP contribution in [0.15, 0.2) is 75.1 Å². The van der Waals surface area contributed by atoms with E-state index < -0.39 is 10.0 Å². The maximum atomic E-state index is 12.1. The summed E-state index contributed by atoms with van der Waals surface area (Å²) in [6.07, 6.45) is 1.60. The van der Waals surface area contributed by atoms with Gasteiger partial charge in [-0.05, 0) is 12.1 Å². The van der Waals surface area contributed by atoms with E-state index in [-0.39, 0.29) is 29.7 Å². The molecule has 1 aliphatic heterocycles. The summed E-state index contributed by atoms with van der Waals surface area (Å²) < 4.78 is 32.0. The lowest BCUT2D eigenvalue weighted by atomic mass is 10.2. The Kier molecular flexibility index (Phi) is 4.66. The number of sulfonamides is 1. The fraction of sp³-hybridized carbons (Fsp3) is 0.105. The number of carbonyl (C=O) groups is 1. The molecule has 9 heteroatoms. The number of benzene rings is 2. The van der Waals surface area contributed by atoms with Crippen LogP contribution in [-0.2, 0) is 21.4 Å². The third-order valence-electron chi connectivity index (χ3n) is 4.09. The normalized spacial score (nSPS) is 15.8. The Morgan fingerprint density at radius 1 is 1.11 bits per heavy atom. The van der Waals surface area contributed by atoms with Crippen LogP contribution in [0.25, 0.3) is 11.3 Å². The second kappa shape index (κ2) is 7.28. The van der Waals surface area contributed by atoms with Gasteiger partial charge in [-0.25, -0.2) is 13.4 Å². The number of aliphatic imine (C=N–C) groups is 1. The van der Waals surface area contributed by atoms with Crippen molar-refractivity contribution < 1.29 is 17.6 Å². The first-order valence-corrected chi connectivity index (χ1v) is 9.95. The Morgan fingerprint density at radius 3 is 2.68 bits per heavy atom. The number of amides is 1. The maximum Gasteiger partial charge on any atom is 0.263 e. The average molecular weight is 396 g/mol. The minimum absolute atomic E-state index is 0.110. The first-order valence-electron chi connectivity index (χ1n) is 8.46. The van der Waals surface area contributed by atoms with E-state index in [0.29, 0.717) is 17.2 Å². The van der Waals surface area contributed by atoms with Crippen LogP contribution in [0.3, 0.4) is 0 Å². The Balaban J connectivity index is 1.37. The number of amidine groups is 1. The summed E-state index contributed by atoms with van der Waals surface area (Å²) in [6.45, 7) is -0.114. The molecule has 2 heterocycles. The van der Waals surface area contributed by atoms with Crippen molar-refractivity contribution in [2.75, 3.05) is 6.54 Å². The number of nitrogens with zero attached hydrogens (tertiary/aromatic N) is 2. The number of carbonyl (C=O) groups excluding carboxylic acids is 1. The molecule has 1 amide bonds. The van der Waals surface area contributed by atoms with Gasteiger partial charge in [0, 0.05) is 11.1 Å². The molecule has 0 bridgehead atoms. The summed E-state index contributed by atoms with van der Waals surface area (Å²) in [5.74, 6) is 0.762. The Morgan fingerprint density at radius 2 is 1.86 bits per heavy atom. The highest BCUT2D eigenvalue weighted by Gasteiger charge is 2.30. The second-order valence-corrected chi connectivity index (χ2v) is 7.68. The molecule has 0 atom stereocenters. The molecule has 0 radical (unpaired) electrons. The van der Waals surface area contributed by atoms with Crippen LogP contribution >= 0.6 is 0 Å². The number of rotatable bonds is 5. The van der Waals surface area contributed by atoms with Crippen LogP contribution < -0.4 is 10.0 Å². The predicted molar refractivity (Wildman–Crippen MR) is 102 cm³/mol. The summed E-state index contributed by atoms with van der Waals surface area (Å²) in [4.78, 5) is 20.4. The van der Waals surface area contributed by atoms with Crippen LogP contribution in [0.1, 0.15) is 11.5 Å². The van der Waals surface area contributed by atoms with E-state index >= 15 is 0 Å². The molecule has 8 nitrogen and oxygen atoms in total. The van der Waals surface area contributed by atoms with Gasteiger partial charge in [0.05, 0.1) is 17.6 Å². The molecule has 0 saturated heterocycles. The summed E-state index contributed by atoms with van der Waals surface area (Å²) in [5.41, 5.74) is 1.35. The van der Waals surface area contributed by atoms with Crippen molar-refractivity contribution in [1.29, 1.82) is 0 Å². The van der Waals surface area contributed by atoms with Gasteiger partial charge in [0.15, 0.2) is 5.76 Å². The van der Waals surface area contributed by atoms with E-state index in [1.54, 1.807) is 24.4 Å². The quantitative estimate of drug-likeness (QED) is 0.681. The molecule has 2 aromatic carbocycles. The van der Waals surface area contributed by atoms with Gasteiger partial charge < -0.3 is 9.73 Å². The van der Waals surface area contributed by atoms with E-state index in [1.807, 2.05) is 30.3 Å². The van der Waals surface area contributed by atoms with Crippen molar-refractivity contribution >= 4 is 21.8 Å². The lowest BCUT2D eigenvalue weighted by Crippen LogP contribution is -2.28. The maximum absolute atomic E-state index is 12.1. The van der Waals surface area contributed by atoms with Gasteiger partial charge in [-0.2, -0.15) is 0 Å². The second-order valence-electron chi connectivity index (χ2n) is 6.03. The van der Waals surface area contributed by atoms with E-state index in [4.69, 9.17) is 4.42 Å². The third kappa shape index (κ3) is 3.65. The first-order chi connectivity index (χ1) is 13.5. The lowest BCUT2D eigenvalue weighted by molar-refractivity contribution is -0.119. The smallest absolute Gasteiger partial charge is 0.263 e. The molecule has 4 rings (SSSR count). The molecule has 0 saturated carbocycles. The molecule has 28 heavy (non-hydrogen) atoms. The molecule has 2 N–H and O–H groups in total. The van der Waals surface area contributed by atoms with Crippen molar-refractivity contribution in [2.45, 2.75) is 11.4 Å². The van der Waals surface area contributed by atoms with Crippen LogP contribution in [-0.4, -0.2) is 31.7 Å². The molecule has 1 aliphatic rings. The van der Waals surface area contributed by atoms with Gasteiger partial charge in [0.1, 0.15) is 12.4 Å². The van der Waals surface area contributed by atoms with E-state index in [2.05, 4.69) is 20.0 Å². The number of fused-ring (bicyclic) bond motifs is 1. The monoisotopic (exact) mass is 396 g/mol. The number of nitrogens with one attached hydrogen (secondary N) is 2. The van der Waals surface area contributed by atoms with E-state index in [0.717, 1.165) is 5.56 Å². The number of aromatic nitrogens is 1. The molecule has 142 valence electrons. The first kappa shape index (κ1) is 17.9. The predicted octanol–water partition coefficient (Wildman–Crippen LogP) is 1.70. The SMILES string of the molecule is O=C(CN=C1NS(=O)(=O)c2ccccc21)NCc1ncc(-c2ccccc2)o1. The lowest BCUT2D eigenvalue weighted by Gasteiger charge is -2.02. The van der Waals surface area contributed by atoms with Gasteiger partial charge in [-0.15, -0.1) is 0 Å². The Bertz CT molecular complexity index is 1150. The zero-order valence-corrected chi connectivity index (χ0v) is 15.4. The molecule has 0 aliphatic carbocycles. The molecule has 0 unspecified atom stereocenters. The Hall–Kier alpha value is -3.46. The highest BCUT2D eigenvalue weighted by atomic mass is 32.2. The minimum atomic E-state index is -3.62. The summed E-state index contributed by atoms with van der Waals surface area (Å²) >= 11 is 0. The van der Waals surface area contributed by atoms with Crippen molar-refractivity contribution in [2.24, 2.45) is 4.99 Å². The zero-order chi connectivity index (χ0) is 19.6. The molecule has 0 spiro atoms. The summed E-state index contributed by atoms with van der Waals surface area (Å²) in [5, 5.41) is 2.65. The minimum Gasteiger partial charge on any atom is -0.439 e. The standard InChI is InChI=1S/C19H16N4O4S/c24-17(11-22-19-14-8-4-5-9-16(14)28(25,26)23-19)20-12-18-21-10-15(27-18)13-6-2-1-3-7-13/h1-10H,11-12H2,(H,20,24)(H,22,23). The highest BCUT2D eigenvalue weighted by Crippen LogP contribution is 2.22. The van der Waals surface area contributed by atoms with Gasteiger partial charge in [0.2, 0.25) is 11.8 Å². The van der Waals surface area contributed by atoms with Crippen LogP contribution in [0, 0.1) is 0 Å². The number of hydrogen-bond donors (Lipinski definition) is 2. The van der Waals surface area contributed by atoms with Crippen molar-refractivity contribution in [1.82, 2.24) is 15.0 Å². The molecule has 0 fully saturated rings. The van der Waals surface area contributed by atoms with Crippen molar-refractivity contribution in [3.63, 3.8) is 0 Å². The number of hydrogen-bond acceptors (Lipinski definition) is 6. The molecular weight excluding hydrogens is 380 g/mol. The van der Waals surface area contributed by atoms with Gasteiger partial charge in [-0.3, -0.25) is 14.5 Å². The van der Waals surface area contributed by atoms with Gasteiger partial charge in [-0.1, -0.05) is 42.5 Å². The van der Waals surface area contributed by atoms with Crippen molar-refractivity contribution in [3.8, 4) is 11.3 Å². The highest BCUT2D eigenvalue weighted by molar-refractivity contribution is 7.90. The van der Waals surface area contributed by atoms with E-state index in [9.17, 15) is 13.2 Å². The molecule has 3 aromatic rings. The van der Waals surface area contributed by atoms with Gasteiger partial charge >= 0.3 is 0 Å². The summed E-state index contributed by atoms with van der Waals surface area (Å²) in [7, 11) is -3.62. The summed E-state index contributed by atoms with van der Waals surface area (Å²) in [6, 6.07) is 16.0. The van der Waals surface area contributed by atoms with Crippen molar-refractivity contribution in [3.05, 3.63) is 72.2 Å². The average Bonchev–Trinajstić information content (AvgIpc) is 3.28. The van der Waals surface area contributed by atoms with Crippen LogP contribution in [0.2, 0.25) is 0 Å². The van der Waals surface area contributed by atoms with Crippen LogP contribution in [0.4, 0.5) is 0 Å². The number of oxazole rings is 1. The molecule has 1 aromatic heterocycles.